The third-order valence-electron chi connectivity index (χ3n) is 5.10. The highest BCUT2D eigenvalue weighted by molar-refractivity contribution is 5.72. The summed E-state index contributed by atoms with van der Waals surface area (Å²) < 4.78 is 6.14. The lowest BCUT2D eigenvalue weighted by atomic mass is 9.90. The number of hydrogen-bond donors (Lipinski definition) is 1. The van der Waals surface area contributed by atoms with E-state index >= 15 is 0 Å². The molecule has 2 rings (SSSR count). The van der Waals surface area contributed by atoms with E-state index in [2.05, 4.69) is 57.2 Å². The van der Waals surface area contributed by atoms with Crippen molar-refractivity contribution in [2.24, 2.45) is 5.73 Å². The third kappa shape index (κ3) is 5.35. The van der Waals surface area contributed by atoms with E-state index in [-0.39, 0.29) is 0 Å². The number of nitrogens with two attached hydrogens (primary N) is 1. The Morgan fingerprint density at radius 3 is 2.08 bits per heavy atom. The number of hydrogen-bond acceptors (Lipinski definition) is 2. The summed E-state index contributed by atoms with van der Waals surface area (Å²) in [5.74, 6) is 1.000. The molecule has 0 heterocycles. The molecule has 0 aliphatic rings. The SMILES string of the molecule is CCc1cc(-c2ccccc2OCCCCCCN)cc(CC)c1CC. The molecule has 142 valence electrons. The Labute approximate surface area is 159 Å². The van der Waals surface area contributed by atoms with Crippen LogP contribution in [0.15, 0.2) is 36.4 Å². The van der Waals surface area contributed by atoms with Gasteiger partial charge in [-0.2, -0.15) is 0 Å². The minimum absolute atomic E-state index is 0.774. The van der Waals surface area contributed by atoms with Gasteiger partial charge in [-0.25, -0.2) is 0 Å². The van der Waals surface area contributed by atoms with Crippen molar-refractivity contribution >= 4 is 0 Å². The predicted octanol–water partition coefficient (Wildman–Crippen LogP) is 5.94. The molecule has 0 radical (unpaired) electrons. The van der Waals surface area contributed by atoms with E-state index in [1.807, 2.05) is 0 Å². The molecule has 0 spiro atoms. The second-order valence-corrected chi connectivity index (χ2v) is 6.88. The Morgan fingerprint density at radius 1 is 0.808 bits per heavy atom. The highest BCUT2D eigenvalue weighted by atomic mass is 16.5. The summed E-state index contributed by atoms with van der Waals surface area (Å²) in [6, 6.07) is 13.2. The largest absolute Gasteiger partial charge is 0.493 e. The van der Waals surface area contributed by atoms with Gasteiger partial charge in [0.1, 0.15) is 5.75 Å². The number of aryl methyl sites for hydroxylation is 2. The van der Waals surface area contributed by atoms with Gasteiger partial charge >= 0.3 is 0 Å². The lowest BCUT2D eigenvalue weighted by molar-refractivity contribution is 0.306. The van der Waals surface area contributed by atoms with Gasteiger partial charge in [0.25, 0.3) is 0 Å². The van der Waals surface area contributed by atoms with Crippen LogP contribution in [0.2, 0.25) is 0 Å². The highest BCUT2D eigenvalue weighted by Crippen LogP contribution is 2.33. The van der Waals surface area contributed by atoms with Crippen LogP contribution in [0.5, 0.6) is 5.75 Å². The predicted molar refractivity (Wildman–Crippen MR) is 113 cm³/mol. The van der Waals surface area contributed by atoms with E-state index < -0.39 is 0 Å². The van der Waals surface area contributed by atoms with Gasteiger partial charge in [-0.05, 0) is 67.0 Å². The monoisotopic (exact) mass is 353 g/mol. The molecule has 0 aromatic heterocycles. The summed E-state index contributed by atoms with van der Waals surface area (Å²) in [6.07, 6.45) is 7.84. The van der Waals surface area contributed by atoms with Gasteiger partial charge in [-0.1, -0.05) is 63.9 Å². The number of ether oxygens (including phenoxy) is 1. The average molecular weight is 354 g/mol. The van der Waals surface area contributed by atoms with Crippen LogP contribution in [0.3, 0.4) is 0 Å². The standard InChI is InChI=1S/C24H35NO/c1-4-19-17-21(18-20(5-2)22(19)6-3)23-13-9-10-14-24(23)26-16-12-8-7-11-15-25/h9-10,13-14,17-18H,4-8,11-12,15-16,25H2,1-3H3. The minimum atomic E-state index is 0.774. The first-order chi connectivity index (χ1) is 12.7. The molecular formula is C24H35NO. The summed E-state index contributed by atoms with van der Waals surface area (Å²) in [6.45, 7) is 8.32. The Morgan fingerprint density at radius 2 is 1.46 bits per heavy atom. The molecule has 0 bridgehead atoms. The third-order valence-corrected chi connectivity index (χ3v) is 5.10. The van der Waals surface area contributed by atoms with Crippen LogP contribution in [0.4, 0.5) is 0 Å². The fourth-order valence-corrected chi connectivity index (χ4v) is 3.65. The van der Waals surface area contributed by atoms with E-state index in [4.69, 9.17) is 10.5 Å². The highest BCUT2D eigenvalue weighted by Gasteiger charge is 2.12. The first-order valence-corrected chi connectivity index (χ1v) is 10.3. The molecule has 0 atom stereocenters. The molecule has 2 aromatic carbocycles. The molecule has 0 saturated heterocycles. The van der Waals surface area contributed by atoms with Crippen LogP contribution in [-0.4, -0.2) is 13.2 Å². The van der Waals surface area contributed by atoms with Gasteiger partial charge in [-0.3, -0.25) is 0 Å². The lowest BCUT2D eigenvalue weighted by Gasteiger charge is -2.17. The first kappa shape index (κ1) is 20.5. The lowest BCUT2D eigenvalue weighted by Crippen LogP contribution is -2.02. The molecule has 2 N–H and O–H groups in total. The molecule has 2 aromatic rings. The van der Waals surface area contributed by atoms with E-state index in [1.54, 1.807) is 0 Å². The average Bonchev–Trinajstić information content (AvgIpc) is 2.69. The van der Waals surface area contributed by atoms with E-state index in [9.17, 15) is 0 Å². The van der Waals surface area contributed by atoms with Crippen molar-refractivity contribution in [3.8, 4) is 16.9 Å². The van der Waals surface area contributed by atoms with E-state index in [0.717, 1.165) is 51.0 Å². The minimum Gasteiger partial charge on any atom is -0.493 e. The Hall–Kier alpha value is -1.80. The van der Waals surface area contributed by atoms with Crippen molar-refractivity contribution in [3.05, 3.63) is 53.1 Å². The number of benzene rings is 2. The quantitative estimate of drug-likeness (QED) is 0.507. The van der Waals surface area contributed by atoms with E-state index in [0.29, 0.717) is 0 Å². The molecule has 2 nitrogen and oxygen atoms in total. The fourth-order valence-electron chi connectivity index (χ4n) is 3.65. The Bertz CT molecular complexity index is 653. The van der Waals surface area contributed by atoms with Crippen molar-refractivity contribution in [1.82, 2.24) is 0 Å². The molecule has 0 saturated carbocycles. The van der Waals surface area contributed by atoms with Gasteiger partial charge < -0.3 is 10.5 Å². The summed E-state index contributed by atoms with van der Waals surface area (Å²) >= 11 is 0. The number of para-hydroxylation sites is 1. The maximum Gasteiger partial charge on any atom is 0.127 e. The zero-order valence-corrected chi connectivity index (χ0v) is 16.8. The Balaban J connectivity index is 2.21. The van der Waals surface area contributed by atoms with Crippen molar-refractivity contribution in [1.29, 1.82) is 0 Å². The van der Waals surface area contributed by atoms with Crippen molar-refractivity contribution in [2.45, 2.75) is 65.7 Å². The van der Waals surface area contributed by atoms with E-state index in [1.165, 1.54) is 40.7 Å². The topological polar surface area (TPSA) is 35.2 Å². The normalized spacial score (nSPS) is 10.9. The molecule has 26 heavy (non-hydrogen) atoms. The molecule has 0 aliphatic carbocycles. The van der Waals surface area contributed by atoms with Crippen molar-refractivity contribution in [2.75, 3.05) is 13.2 Å². The zero-order valence-electron chi connectivity index (χ0n) is 16.8. The maximum absolute atomic E-state index is 6.14. The van der Waals surface area contributed by atoms with Crippen LogP contribution >= 0.6 is 0 Å². The maximum atomic E-state index is 6.14. The second kappa shape index (κ2) is 11.0. The van der Waals surface area contributed by atoms with Gasteiger partial charge in [0, 0.05) is 5.56 Å². The number of unbranched alkanes of at least 4 members (excludes halogenated alkanes) is 3. The van der Waals surface area contributed by atoms with Crippen LogP contribution in [0.25, 0.3) is 11.1 Å². The summed E-state index contributed by atoms with van der Waals surface area (Å²) in [5, 5.41) is 0. The number of rotatable bonds is 11. The zero-order chi connectivity index (χ0) is 18.8. The first-order valence-electron chi connectivity index (χ1n) is 10.3. The van der Waals surface area contributed by atoms with Gasteiger partial charge in [0.05, 0.1) is 6.61 Å². The molecule has 2 heteroatoms. The van der Waals surface area contributed by atoms with Gasteiger partial charge in [-0.15, -0.1) is 0 Å². The van der Waals surface area contributed by atoms with Crippen LogP contribution < -0.4 is 10.5 Å². The van der Waals surface area contributed by atoms with Crippen LogP contribution in [-0.2, 0) is 19.3 Å². The van der Waals surface area contributed by atoms with Gasteiger partial charge in [0.15, 0.2) is 0 Å². The molecular weight excluding hydrogens is 318 g/mol. The Kier molecular flexibility index (Phi) is 8.70. The summed E-state index contributed by atoms with van der Waals surface area (Å²) in [5.41, 5.74) is 12.5. The molecule has 0 amide bonds. The molecule has 0 aliphatic heterocycles. The van der Waals surface area contributed by atoms with Crippen molar-refractivity contribution < 1.29 is 4.74 Å². The summed E-state index contributed by atoms with van der Waals surface area (Å²) in [7, 11) is 0. The fraction of sp³-hybridized carbons (Fsp3) is 0.500. The molecule has 0 fully saturated rings. The summed E-state index contributed by atoms with van der Waals surface area (Å²) in [4.78, 5) is 0. The van der Waals surface area contributed by atoms with Gasteiger partial charge in [0.2, 0.25) is 0 Å². The smallest absolute Gasteiger partial charge is 0.127 e. The molecule has 0 unspecified atom stereocenters. The van der Waals surface area contributed by atoms with Crippen LogP contribution in [0.1, 0.15) is 63.1 Å². The van der Waals surface area contributed by atoms with Crippen molar-refractivity contribution in [3.63, 3.8) is 0 Å². The van der Waals surface area contributed by atoms with Crippen LogP contribution in [0, 0.1) is 0 Å². The second-order valence-electron chi connectivity index (χ2n) is 6.88.